The summed E-state index contributed by atoms with van der Waals surface area (Å²) in [6.07, 6.45) is -0.713. The molecule has 0 aromatic rings. The van der Waals surface area contributed by atoms with Gasteiger partial charge in [0.1, 0.15) is 0 Å². The maximum absolute atomic E-state index is 8.22. The highest BCUT2D eigenvalue weighted by Crippen LogP contribution is 1.68. The summed E-state index contributed by atoms with van der Waals surface area (Å²) in [4.78, 5) is 0. The van der Waals surface area contributed by atoms with Gasteiger partial charge in [0.15, 0.2) is 0 Å². The van der Waals surface area contributed by atoms with Gasteiger partial charge in [0.2, 0.25) is 0 Å². The summed E-state index contributed by atoms with van der Waals surface area (Å²) in [5.74, 6) is 0. The highest BCUT2D eigenvalue weighted by molar-refractivity contribution is 4.54. The van der Waals surface area contributed by atoms with Gasteiger partial charge in [-0.2, -0.15) is 0 Å². The predicted molar refractivity (Wildman–Crippen MR) is 21.2 cm³/mol. The lowest BCUT2D eigenvalue weighted by Gasteiger charge is -1.96. The molecule has 1 atom stereocenters. The highest BCUT2D eigenvalue weighted by Gasteiger charge is 1.87. The van der Waals surface area contributed by atoms with Crippen LogP contribution in [-0.4, -0.2) is 23.0 Å². The van der Waals surface area contributed by atoms with Crippen molar-refractivity contribution in [2.45, 2.75) is 6.10 Å². The molecule has 0 saturated carbocycles. The van der Waals surface area contributed by atoms with Crippen molar-refractivity contribution >= 4 is 0 Å². The van der Waals surface area contributed by atoms with Crippen LogP contribution in [0.5, 0.6) is 0 Å². The fourth-order valence-corrected chi connectivity index (χ4v) is 0.105. The van der Waals surface area contributed by atoms with Gasteiger partial charge in [-0.05, 0) is 6.92 Å². The van der Waals surface area contributed by atoms with E-state index in [1.807, 2.05) is 0 Å². The van der Waals surface area contributed by atoms with Crippen molar-refractivity contribution < 1.29 is 10.3 Å². The van der Waals surface area contributed by atoms with Gasteiger partial charge in [-0.3, -0.25) is 0 Å². The first-order valence-electron chi connectivity index (χ1n) is 1.65. The summed E-state index contributed by atoms with van der Waals surface area (Å²) in [7, 11) is 0. The van der Waals surface area contributed by atoms with E-state index in [4.69, 9.17) is 10.3 Å². The van der Waals surface area contributed by atoms with Crippen LogP contribution in [0.2, 0.25) is 0 Å². The third kappa shape index (κ3) is 3.88. The summed E-state index contributed by atoms with van der Waals surface area (Å²) in [5, 5.41) is 16.0. The molecule has 0 fully saturated rings. The maximum atomic E-state index is 8.22. The first-order chi connectivity index (χ1) is 2.77. The molecule has 0 saturated heterocycles. The Kier molecular flexibility index (Phi) is 3.02. The minimum Gasteiger partial charge on any atom is -0.392 e. The number of aliphatic hydroxyl groups excluding tert-OH is 1. The lowest BCUT2D eigenvalue weighted by molar-refractivity contribution is 0.113. The highest BCUT2D eigenvalue weighted by atomic mass is 16.5. The zero-order chi connectivity index (χ0) is 4.99. The van der Waals surface area contributed by atoms with Gasteiger partial charge in [-0.15, -0.1) is 0 Å². The van der Waals surface area contributed by atoms with Crippen molar-refractivity contribution in [1.82, 2.24) is 5.48 Å². The second-order valence-electron chi connectivity index (χ2n) is 1.02. The van der Waals surface area contributed by atoms with Gasteiger partial charge < -0.3 is 10.3 Å². The van der Waals surface area contributed by atoms with E-state index in [1.165, 1.54) is 0 Å². The lowest BCUT2D eigenvalue weighted by Crippen LogP contribution is -2.20. The minimum absolute atomic E-state index is 0.125. The molecule has 0 rings (SSSR count). The lowest BCUT2D eigenvalue weighted by atomic mass is 10.4. The third-order valence-corrected chi connectivity index (χ3v) is 0.327. The Morgan fingerprint density at radius 3 is 2.33 bits per heavy atom. The van der Waals surface area contributed by atoms with Crippen LogP contribution in [0.25, 0.3) is 0 Å². The molecule has 1 unspecified atom stereocenters. The molecule has 0 spiro atoms. The van der Waals surface area contributed by atoms with Crippen LogP contribution >= 0.6 is 0 Å². The van der Waals surface area contributed by atoms with Crippen molar-refractivity contribution in [2.75, 3.05) is 6.54 Å². The van der Waals surface area contributed by atoms with Crippen LogP contribution in [0.4, 0.5) is 0 Å². The van der Waals surface area contributed by atoms with E-state index in [-0.39, 0.29) is 6.54 Å². The summed E-state index contributed by atoms with van der Waals surface area (Å²) < 4.78 is 0. The quantitative estimate of drug-likeness (QED) is 0.387. The minimum atomic E-state index is -0.713. The third-order valence-electron chi connectivity index (χ3n) is 0.327. The van der Waals surface area contributed by atoms with Crippen molar-refractivity contribution in [1.29, 1.82) is 0 Å². The smallest absolute Gasteiger partial charge is 0.0688 e. The van der Waals surface area contributed by atoms with Gasteiger partial charge in [0.05, 0.1) is 6.10 Å². The largest absolute Gasteiger partial charge is 0.392 e. The number of hydrogen-bond acceptors (Lipinski definition) is 3. The van der Waals surface area contributed by atoms with Crippen LogP contribution < -0.4 is 5.48 Å². The van der Waals surface area contributed by atoms with Gasteiger partial charge in [0.25, 0.3) is 0 Å². The molecule has 37 valence electrons. The van der Waals surface area contributed by atoms with E-state index < -0.39 is 6.10 Å². The Morgan fingerprint density at radius 1 is 1.83 bits per heavy atom. The van der Waals surface area contributed by atoms with Crippen molar-refractivity contribution in [2.24, 2.45) is 0 Å². The molecule has 1 radical (unpaired) electrons. The fraction of sp³-hybridized carbons (Fsp3) is 0.667. The second-order valence-corrected chi connectivity index (χ2v) is 1.02. The molecule has 0 bridgehead atoms. The number of aliphatic hydroxyl groups is 1. The molecule has 0 aliphatic carbocycles. The number of nitrogens with one attached hydrogen (secondary N) is 1. The molecule has 3 heteroatoms. The summed E-state index contributed by atoms with van der Waals surface area (Å²) in [5.41, 5.74) is 1.75. The molecule has 0 heterocycles. The Labute approximate surface area is 36.6 Å². The Bertz CT molecular complexity index is 30.0. The average molecular weight is 90.1 g/mol. The van der Waals surface area contributed by atoms with E-state index in [9.17, 15) is 0 Å². The fourth-order valence-electron chi connectivity index (χ4n) is 0.105. The van der Waals surface area contributed by atoms with Crippen molar-refractivity contribution in [3.05, 3.63) is 6.92 Å². The monoisotopic (exact) mass is 90.1 g/mol. The molecule has 0 aliphatic heterocycles. The maximum Gasteiger partial charge on any atom is 0.0688 e. The predicted octanol–water partition coefficient (Wildman–Crippen LogP) is -0.840. The molecule has 0 aliphatic rings. The zero-order valence-corrected chi connectivity index (χ0v) is 3.39. The first-order valence-corrected chi connectivity index (χ1v) is 1.65. The molecule has 3 nitrogen and oxygen atoms in total. The van der Waals surface area contributed by atoms with Gasteiger partial charge in [-0.25, -0.2) is 5.48 Å². The van der Waals surface area contributed by atoms with Gasteiger partial charge >= 0.3 is 0 Å². The first kappa shape index (κ1) is 5.88. The molecular weight excluding hydrogens is 82.0 g/mol. The van der Waals surface area contributed by atoms with Gasteiger partial charge in [-0.1, -0.05) is 0 Å². The van der Waals surface area contributed by atoms with Crippen LogP contribution in [0.1, 0.15) is 0 Å². The Morgan fingerprint density at radius 2 is 2.33 bits per heavy atom. The number of hydrogen-bond donors (Lipinski definition) is 3. The molecule has 6 heavy (non-hydrogen) atoms. The molecular formula is C3H8NO2. The Balaban J connectivity index is 2.63. The molecule has 3 N–H and O–H groups in total. The summed E-state index contributed by atoms with van der Waals surface area (Å²) in [6.45, 7) is 3.29. The van der Waals surface area contributed by atoms with Crippen LogP contribution in [0.3, 0.4) is 0 Å². The topological polar surface area (TPSA) is 52.5 Å². The molecule has 0 amide bonds. The summed E-state index contributed by atoms with van der Waals surface area (Å²) in [6, 6.07) is 0. The average Bonchev–Trinajstić information content (AvgIpc) is 1.35. The summed E-state index contributed by atoms with van der Waals surface area (Å²) >= 11 is 0. The SMILES string of the molecule is [CH2]C(O)CNO. The van der Waals surface area contributed by atoms with E-state index in [0.29, 0.717) is 0 Å². The molecule has 0 aromatic heterocycles. The normalized spacial score (nSPS) is 14.5. The van der Waals surface area contributed by atoms with Gasteiger partial charge in [0, 0.05) is 6.54 Å². The van der Waals surface area contributed by atoms with Crippen LogP contribution in [-0.2, 0) is 0 Å². The standard InChI is InChI=1S/C3H8NO2/c1-3(5)2-4-6/h3-6H,1-2H2. The van der Waals surface area contributed by atoms with E-state index in [1.54, 1.807) is 5.48 Å². The molecule has 0 aromatic carbocycles. The van der Waals surface area contributed by atoms with Crippen molar-refractivity contribution in [3.8, 4) is 0 Å². The second kappa shape index (κ2) is 3.08. The Hall–Kier alpha value is -0.120. The van der Waals surface area contributed by atoms with Crippen LogP contribution in [0.15, 0.2) is 0 Å². The van der Waals surface area contributed by atoms with Crippen molar-refractivity contribution in [3.63, 3.8) is 0 Å². The van der Waals surface area contributed by atoms with Crippen LogP contribution in [0, 0.1) is 6.92 Å². The van der Waals surface area contributed by atoms with E-state index in [2.05, 4.69) is 6.92 Å². The van der Waals surface area contributed by atoms with E-state index in [0.717, 1.165) is 0 Å². The zero-order valence-electron chi connectivity index (χ0n) is 3.39. The van der Waals surface area contributed by atoms with E-state index >= 15 is 0 Å². The number of hydroxylamine groups is 1. The number of rotatable bonds is 2.